The molecule has 0 aliphatic heterocycles. The van der Waals surface area contributed by atoms with E-state index in [0.29, 0.717) is 22.9 Å². The van der Waals surface area contributed by atoms with Crippen LogP contribution in [0.4, 0.5) is 0 Å². The van der Waals surface area contributed by atoms with E-state index in [4.69, 9.17) is 9.47 Å². The van der Waals surface area contributed by atoms with E-state index in [1.807, 2.05) is 0 Å². The van der Waals surface area contributed by atoms with Crippen molar-refractivity contribution in [3.8, 4) is 5.88 Å². The zero-order valence-electron chi connectivity index (χ0n) is 12.2. The largest absolute Gasteiger partial charge is 0.480 e. The van der Waals surface area contributed by atoms with Crippen LogP contribution in [0, 0.1) is 0 Å². The fourth-order valence-corrected chi connectivity index (χ4v) is 3.01. The second-order valence-electron chi connectivity index (χ2n) is 5.72. The van der Waals surface area contributed by atoms with Gasteiger partial charge in [0.25, 0.3) is 0 Å². The lowest BCUT2D eigenvalue weighted by atomic mass is 10.4. The minimum Gasteiger partial charge on any atom is -0.480 e. The first kappa shape index (κ1) is 15.4. The number of ether oxygens (including phenoxy) is 2. The predicted molar refractivity (Wildman–Crippen MR) is 83.7 cm³/mol. The van der Waals surface area contributed by atoms with Gasteiger partial charge in [0.2, 0.25) is 5.88 Å². The van der Waals surface area contributed by atoms with Crippen LogP contribution in [0.3, 0.4) is 0 Å². The van der Waals surface area contributed by atoms with Crippen LogP contribution in [0.2, 0.25) is 25.7 Å². The molecule has 0 bridgehead atoms. The Bertz CT molecular complexity index is 597. The summed E-state index contributed by atoms with van der Waals surface area (Å²) >= 11 is 3.41. The summed E-state index contributed by atoms with van der Waals surface area (Å²) in [6.45, 7) is 8.11. The van der Waals surface area contributed by atoms with Crippen molar-refractivity contribution in [2.24, 2.45) is 0 Å². The van der Waals surface area contributed by atoms with Crippen molar-refractivity contribution >= 4 is 35.0 Å². The molecule has 2 heterocycles. The zero-order valence-corrected chi connectivity index (χ0v) is 14.8. The SMILES string of the molecule is COc1ncnc2c1c(Br)nn2COCC[Si](C)(C)C. The smallest absolute Gasteiger partial charge is 0.228 e. The van der Waals surface area contributed by atoms with Crippen LogP contribution in [0.1, 0.15) is 0 Å². The minimum atomic E-state index is -1.07. The molecule has 2 rings (SSSR count). The number of halogens is 1. The van der Waals surface area contributed by atoms with E-state index >= 15 is 0 Å². The third-order valence-corrected chi connectivity index (χ3v) is 5.11. The third kappa shape index (κ3) is 3.56. The van der Waals surface area contributed by atoms with E-state index in [1.54, 1.807) is 11.8 Å². The summed E-state index contributed by atoms with van der Waals surface area (Å²) in [5, 5.41) is 5.14. The quantitative estimate of drug-likeness (QED) is 0.586. The molecule has 110 valence electrons. The van der Waals surface area contributed by atoms with Crippen LogP contribution >= 0.6 is 15.9 Å². The number of aromatic nitrogens is 4. The Morgan fingerprint density at radius 1 is 1.30 bits per heavy atom. The summed E-state index contributed by atoms with van der Waals surface area (Å²) in [7, 11) is 0.511. The van der Waals surface area contributed by atoms with Gasteiger partial charge in [-0.2, -0.15) is 5.10 Å². The molecule has 8 heteroatoms. The first-order valence-corrected chi connectivity index (χ1v) is 10.9. The molecule has 0 fully saturated rings. The first-order valence-electron chi connectivity index (χ1n) is 6.41. The molecule has 0 N–H and O–H groups in total. The van der Waals surface area contributed by atoms with E-state index in [1.165, 1.54) is 6.33 Å². The molecule has 0 aliphatic rings. The van der Waals surface area contributed by atoms with Gasteiger partial charge in [0, 0.05) is 14.7 Å². The van der Waals surface area contributed by atoms with Gasteiger partial charge in [-0.25, -0.2) is 14.6 Å². The predicted octanol–water partition coefficient (Wildman–Crippen LogP) is 2.91. The summed E-state index contributed by atoms with van der Waals surface area (Å²) in [6, 6.07) is 1.13. The Balaban J connectivity index is 2.12. The van der Waals surface area contributed by atoms with Gasteiger partial charge in [-0.05, 0) is 22.0 Å². The molecule has 0 atom stereocenters. The number of nitrogens with zero attached hydrogens (tertiary/aromatic N) is 4. The van der Waals surface area contributed by atoms with Crippen molar-refractivity contribution in [2.45, 2.75) is 32.4 Å². The van der Waals surface area contributed by atoms with Gasteiger partial charge < -0.3 is 9.47 Å². The summed E-state index contributed by atoms with van der Waals surface area (Å²) in [5.41, 5.74) is 0.705. The number of hydrogen-bond donors (Lipinski definition) is 0. The highest BCUT2D eigenvalue weighted by Crippen LogP contribution is 2.28. The fourth-order valence-electron chi connectivity index (χ4n) is 1.71. The molecular formula is C12H19BrN4O2Si. The number of methoxy groups -OCH3 is 1. The van der Waals surface area contributed by atoms with Gasteiger partial charge in [-0.15, -0.1) is 0 Å². The molecule has 0 radical (unpaired) electrons. The third-order valence-electron chi connectivity index (χ3n) is 2.86. The lowest BCUT2D eigenvalue weighted by Gasteiger charge is -2.15. The molecule has 0 unspecified atom stereocenters. The van der Waals surface area contributed by atoms with Gasteiger partial charge in [0.05, 0.1) is 7.11 Å². The van der Waals surface area contributed by atoms with E-state index in [-0.39, 0.29) is 0 Å². The molecule has 0 saturated carbocycles. The molecule has 6 nitrogen and oxygen atoms in total. The average molecular weight is 359 g/mol. The highest BCUT2D eigenvalue weighted by molar-refractivity contribution is 9.10. The minimum absolute atomic E-state index is 0.382. The van der Waals surface area contributed by atoms with Gasteiger partial charge in [-0.3, -0.25) is 0 Å². The van der Waals surface area contributed by atoms with E-state index in [0.717, 1.165) is 18.0 Å². The maximum absolute atomic E-state index is 5.70. The molecule has 0 spiro atoms. The Morgan fingerprint density at radius 2 is 2.05 bits per heavy atom. The van der Waals surface area contributed by atoms with E-state index < -0.39 is 8.07 Å². The summed E-state index contributed by atoms with van der Waals surface area (Å²) in [4.78, 5) is 8.32. The molecular weight excluding hydrogens is 340 g/mol. The molecule has 2 aromatic heterocycles. The van der Waals surface area contributed by atoms with E-state index in [9.17, 15) is 0 Å². The molecule has 0 amide bonds. The molecule has 0 aromatic carbocycles. The molecule has 20 heavy (non-hydrogen) atoms. The number of hydrogen-bond acceptors (Lipinski definition) is 5. The number of fused-ring (bicyclic) bond motifs is 1. The zero-order chi connectivity index (χ0) is 14.8. The summed E-state index contributed by atoms with van der Waals surface area (Å²) in [5.74, 6) is 0.509. The highest BCUT2D eigenvalue weighted by atomic mass is 79.9. The van der Waals surface area contributed by atoms with Crippen LogP contribution in [-0.2, 0) is 11.5 Å². The normalized spacial score (nSPS) is 12.1. The van der Waals surface area contributed by atoms with E-state index in [2.05, 4.69) is 50.6 Å². The van der Waals surface area contributed by atoms with Crippen LogP contribution in [0.5, 0.6) is 5.88 Å². The maximum atomic E-state index is 5.70. The van der Waals surface area contributed by atoms with Crippen molar-refractivity contribution in [3.63, 3.8) is 0 Å². The first-order chi connectivity index (χ1) is 9.42. The summed E-state index contributed by atoms with van der Waals surface area (Å²) in [6.07, 6.45) is 1.47. The monoisotopic (exact) mass is 358 g/mol. The Morgan fingerprint density at radius 3 is 2.70 bits per heavy atom. The van der Waals surface area contributed by atoms with Gasteiger partial charge in [0.1, 0.15) is 23.0 Å². The van der Waals surface area contributed by atoms with Crippen LogP contribution in [-0.4, -0.2) is 41.5 Å². The van der Waals surface area contributed by atoms with Crippen molar-refractivity contribution in [2.75, 3.05) is 13.7 Å². The van der Waals surface area contributed by atoms with Crippen LogP contribution in [0.15, 0.2) is 10.9 Å². The Hall–Kier alpha value is -0.993. The Labute approximate surface area is 127 Å². The average Bonchev–Trinajstić information content (AvgIpc) is 2.71. The van der Waals surface area contributed by atoms with Crippen molar-refractivity contribution < 1.29 is 9.47 Å². The van der Waals surface area contributed by atoms with Crippen LogP contribution in [0.25, 0.3) is 11.0 Å². The van der Waals surface area contributed by atoms with Gasteiger partial charge in [-0.1, -0.05) is 19.6 Å². The maximum Gasteiger partial charge on any atom is 0.228 e. The van der Waals surface area contributed by atoms with Gasteiger partial charge >= 0.3 is 0 Å². The second-order valence-corrected chi connectivity index (χ2v) is 12.1. The molecule has 2 aromatic rings. The number of rotatable bonds is 6. The second kappa shape index (κ2) is 6.19. The van der Waals surface area contributed by atoms with Crippen molar-refractivity contribution in [1.82, 2.24) is 19.7 Å². The Kier molecular flexibility index (Phi) is 4.77. The lowest BCUT2D eigenvalue weighted by Crippen LogP contribution is -2.22. The molecule has 0 saturated heterocycles. The van der Waals surface area contributed by atoms with Crippen molar-refractivity contribution in [3.05, 3.63) is 10.9 Å². The van der Waals surface area contributed by atoms with Crippen molar-refractivity contribution in [1.29, 1.82) is 0 Å². The lowest BCUT2D eigenvalue weighted by molar-refractivity contribution is 0.0810. The van der Waals surface area contributed by atoms with Crippen LogP contribution < -0.4 is 4.74 Å². The fraction of sp³-hybridized carbons (Fsp3) is 0.583. The molecule has 0 aliphatic carbocycles. The topological polar surface area (TPSA) is 62.1 Å². The standard InChI is InChI=1S/C12H19BrN4O2Si/c1-18-12-9-10(13)16-17(11(9)14-7-15-12)8-19-5-6-20(2,3)4/h7H,5-6,8H2,1-4H3. The summed E-state index contributed by atoms with van der Waals surface area (Å²) < 4.78 is 13.3. The highest BCUT2D eigenvalue weighted by Gasteiger charge is 2.16. The van der Waals surface area contributed by atoms with Gasteiger partial charge in [0.15, 0.2) is 5.65 Å².